The summed E-state index contributed by atoms with van der Waals surface area (Å²) in [4.78, 5) is 27.3. The van der Waals surface area contributed by atoms with Crippen molar-refractivity contribution in [2.75, 3.05) is 26.5 Å². The molecule has 1 saturated heterocycles. The molecule has 2 aromatic carbocycles. The van der Waals surface area contributed by atoms with E-state index in [1.54, 1.807) is 29.2 Å². The minimum atomic E-state index is -1.14. The Hall–Kier alpha value is -3.55. The number of carboxylic acids is 1. The zero-order valence-corrected chi connectivity index (χ0v) is 19.7. The van der Waals surface area contributed by atoms with Crippen molar-refractivity contribution in [1.29, 1.82) is 0 Å². The number of carbonyl (C=O) groups is 2. The van der Waals surface area contributed by atoms with Crippen LogP contribution in [0.4, 0.5) is 4.39 Å². The Morgan fingerprint density at radius 2 is 1.78 bits per heavy atom. The number of allylic oxidation sites excluding steroid dienone is 2. The molecule has 2 aromatic rings. The number of likely N-dealkylation sites (tertiary alicyclic amines) is 1. The Morgan fingerprint density at radius 3 is 2.56 bits per heavy atom. The largest absolute Gasteiger partial charge is 0.550 e. The van der Waals surface area contributed by atoms with Crippen molar-refractivity contribution in [1.82, 2.24) is 4.90 Å². The number of ether oxygens (including phenoxy) is 3. The van der Waals surface area contributed by atoms with Gasteiger partial charge in [0.15, 0.2) is 11.5 Å². The van der Waals surface area contributed by atoms with Crippen molar-refractivity contribution in [2.24, 2.45) is 29.6 Å². The second-order valence-corrected chi connectivity index (χ2v) is 10.1. The van der Waals surface area contributed by atoms with Gasteiger partial charge in [0.25, 0.3) is 0 Å². The van der Waals surface area contributed by atoms with E-state index in [1.165, 1.54) is 12.1 Å². The Balaban J connectivity index is 1.21. The Morgan fingerprint density at radius 1 is 1.03 bits per heavy atom. The Labute approximate surface area is 208 Å². The summed E-state index contributed by atoms with van der Waals surface area (Å²) in [5.41, 5.74) is 0.998. The number of hydrogen-bond acceptors (Lipinski definition) is 6. The van der Waals surface area contributed by atoms with Gasteiger partial charge >= 0.3 is 0 Å². The van der Waals surface area contributed by atoms with Crippen LogP contribution in [0.5, 0.6) is 17.2 Å². The third-order valence-electron chi connectivity index (χ3n) is 8.17. The summed E-state index contributed by atoms with van der Waals surface area (Å²) in [5.74, 6) is -1.15. The Kier molecular flexibility index (Phi) is 5.82. The van der Waals surface area contributed by atoms with Crippen LogP contribution < -0.4 is 19.3 Å². The summed E-state index contributed by atoms with van der Waals surface area (Å²) in [6, 6.07) is 11.9. The first-order valence-corrected chi connectivity index (χ1v) is 12.4. The standard InChI is InChI=1S/C28H28FNO6/c29-20-5-3-16(4-6-20)22-9-10-30(27(31)25-17-1-2-18(11-17)26(25)28(32)33)13-19(22)14-34-21-7-8-23-24(12-21)36-15-35-23/h1-8,12,17-19,22,25-26H,9-11,13-15H2,(H,32,33)/p-1/t17-,18-,19+,22-,25+,26-/m1/s1. The highest BCUT2D eigenvalue weighted by Crippen LogP contribution is 2.49. The maximum Gasteiger partial charge on any atom is 0.231 e. The fourth-order valence-corrected chi connectivity index (χ4v) is 6.41. The molecular formula is C28H27FNO6-. The molecule has 6 rings (SSSR count). The normalized spacial score (nSPS) is 30.0. The molecule has 6 atom stereocenters. The summed E-state index contributed by atoms with van der Waals surface area (Å²) < 4.78 is 30.5. The van der Waals surface area contributed by atoms with Gasteiger partial charge in [-0.15, -0.1) is 0 Å². The average molecular weight is 493 g/mol. The van der Waals surface area contributed by atoms with Crippen molar-refractivity contribution in [3.8, 4) is 17.2 Å². The average Bonchev–Trinajstić information content (AvgIpc) is 3.63. The number of piperidine rings is 1. The van der Waals surface area contributed by atoms with E-state index >= 15 is 0 Å². The number of amides is 1. The van der Waals surface area contributed by atoms with Crippen LogP contribution in [0.3, 0.4) is 0 Å². The molecule has 188 valence electrons. The van der Waals surface area contributed by atoms with Gasteiger partial charge in [-0.3, -0.25) is 4.79 Å². The summed E-state index contributed by atoms with van der Waals surface area (Å²) >= 11 is 0. The van der Waals surface area contributed by atoms with E-state index < -0.39 is 17.8 Å². The van der Waals surface area contributed by atoms with E-state index in [0.717, 1.165) is 5.56 Å². The van der Waals surface area contributed by atoms with Gasteiger partial charge in [0.2, 0.25) is 12.7 Å². The maximum atomic E-state index is 13.6. The minimum absolute atomic E-state index is 0.0523. The van der Waals surface area contributed by atoms with Crippen LogP contribution in [0.2, 0.25) is 0 Å². The molecule has 2 heterocycles. The Bertz CT molecular complexity index is 1200. The first-order chi connectivity index (χ1) is 17.5. The molecule has 7 nitrogen and oxygen atoms in total. The number of rotatable bonds is 6. The molecule has 2 bridgehead atoms. The van der Waals surface area contributed by atoms with Crippen molar-refractivity contribution in [3.05, 3.63) is 66.0 Å². The lowest BCUT2D eigenvalue weighted by molar-refractivity contribution is -0.313. The molecule has 2 aliphatic carbocycles. The quantitative estimate of drug-likeness (QED) is 0.577. The van der Waals surface area contributed by atoms with E-state index in [9.17, 15) is 19.1 Å². The molecule has 1 saturated carbocycles. The highest BCUT2D eigenvalue weighted by Gasteiger charge is 2.50. The highest BCUT2D eigenvalue weighted by atomic mass is 19.1. The summed E-state index contributed by atoms with van der Waals surface area (Å²) in [5, 5.41) is 11.9. The lowest BCUT2D eigenvalue weighted by Gasteiger charge is -2.41. The predicted octanol–water partition coefficient (Wildman–Crippen LogP) is 2.75. The highest BCUT2D eigenvalue weighted by molar-refractivity contribution is 5.86. The second-order valence-electron chi connectivity index (χ2n) is 10.1. The van der Waals surface area contributed by atoms with Crippen LogP contribution in [-0.4, -0.2) is 43.3 Å². The van der Waals surface area contributed by atoms with Gasteiger partial charge in [0.1, 0.15) is 11.6 Å². The molecule has 1 amide bonds. The molecule has 0 N–H and O–H groups in total. The van der Waals surface area contributed by atoms with Crippen LogP contribution >= 0.6 is 0 Å². The van der Waals surface area contributed by atoms with Gasteiger partial charge < -0.3 is 29.0 Å². The molecule has 0 unspecified atom stereocenters. The van der Waals surface area contributed by atoms with Gasteiger partial charge in [0.05, 0.1) is 12.5 Å². The molecule has 2 aliphatic heterocycles. The van der Waals surface area contributed by atoms with Gasteiger partial charge in [0, 0.05) is 37.0 Å². The molecule has 36 heavy (non-hydrogen) atoms. The van der Waals surface area contributed by atoms with Crippen LogP contribution in [-0.2, 0) is 9.59 Å². The maximum absolute atomic E-state index is 13.6. The number of aliphatic carboxylic acids is 1. The number of benzene rings is 2. The number of hydrogen-bond donors (Lipinski definition) is 0. The molecule has 2 fully saturated rings. The number of carboxylic acid groups (broad SMARTS) is 1. The van der Waals surface area contributed by atoms with E-state index in [2.05, 4.69) is 0 Å². The van der Waals surface area contributed by atoms with Crippen molar-refractivity contribution < 1.29 is 33.3 Å². The summed E-state index contributed by atoms with van der Waals surface area (Å²) in [6.07, 6.45) is 5.27. The van der Waals surface area contributed by atoms with E-state index in [1.807, 2.05) is 18.2 Å². The molecule has 0 radical (unpaired) electrons. The van der Waals surface area contributed by atoms with E-state index in [0.29, 0.717) is 49.8 Å². The zero-order valence-electron chi connectivity index (χ0n) is 19.7. The smallest absolute Gasteiger partial charge is 0.231 e. The number of fused-ring (bicyclic) bond motifs is 3. The van der Waals surface area contributed by atoms with E-state index in [4.69, 9.17) is 14.2 Å². The lowest BCUT2D eigenvalue weighted by atomic mass is 9.78. The number of nitrogens with zero attached hydrogens (tertiary/aromatic N) is 1. The topological polar surface area (TPSA) is 88.1 Å². The molecule has 0 aromatic heterocycles. The lowest BCUT2D eigenvalue weighted by Crippen LogP contribution is -2.51. The monoisotopic (exact) mass is 492 g/mol. The first kappa shape index (κ1) is 22.9. The number of halogens is 1. The fourth-order valence-electron chi connectivity index (χ4n) is 6.41. The van der Waals surface area contributed by atoms with Crippen molar-refractivity contribution >= 4 is 11.9 Å². The van der Waals surface area contributed by atoms with Crippen LogP contribution in [0.1, 0.15) is 24.3 Å². The van der Waals surface area contributed by atoms with Gasteiger partial charge in [-0.2, -0.15) is 0 Å². The molecule has 8 heteroatoms. The molecular weight excluding hydrogens is 465 g/mol. The zero-order chi connectivity index (χ0) is 24.8. The third kappa shape index (κ3) is 4.08. The molecule has 4 aliphatic rings. The van der Waals surface area contributed by atoms with Gasteiger partial charge in [-0.1, -0.05) is 24.3 Å². The van der Waals surface area contributed by atoms with Crippen molar-refractivity contribution in [3.63, 3.8) is 0 Å². The second kappa shape index (κ2) is 9.15. The van der Waals surface area contributed by atoms with Crippen LogP contribution in [0.25, 0.3) is 0 Å². The predicted molar refractivity (Wildman–Crippen MR) is 125 cm³/mol. The third-order valence-corrected chi connectivity index (χ3v) is 8.17. The van der Waals surface area contributed by atoms with Crippen molar-refractivity contribution in [2.45, 2.75) is 18.8 Å². The first-order valence-electron chi connectivity index (χ1n) is 12.4. The van der Waals surface area contributed by atoms with E-state index in [-0.39, 0.29) is 42.2 Å². The minimum Gasteiger partial charge on any atom is -0.550 e. The van der Waals surface area contributed by atoms with Gasteiger partial charge in [-0.05, 0) is 60.4 Å². The summed E-state index contributed by atoms with van der Waals surface area (Å²) in [6.45, 7) is 1.46. The van der Waals surface area contributed by atoms with Gasteiger partial charge in [-0.25, -0.2) is 4.39 Å². The summed E-state index contributed by atoms with van der Waals surface area (Å²) in [7, 11) is 0. The molecule has 0 spiro atoms. The SMILES string of the molecule is O=C([O-])[C@H]1[C@@H](C(=O)N2CC[C@H](c3ccc(F)cc3)[C@H](COc3ccc4c(c3)OCO4)C2)[C@@H]2C=C[C@@H]1C2. The fraction of sp³-hybridized carbons (Fsp3) is 0.429. The number of carbonyl (C=O) groups excluding carboxylic acids is 2. The van der Waals surface area contributed by atoms with Crippen LogP contribution in [0, 0.1) is 35.4 Å². The van der Waals surface area contributed by atoms with Crippen LogP contribution in [0.15, 0.2) is 54.6 Å².